The van der Waals surface area contributed by atoms with Crippen molar-refractivity contribution in [2.75, 3.05) is 4.90 Å². The molecular weight excluding hydrogens is 653 g/mol. The molecule has 0 aliphatic rings. The summed E-state index contributed by atoms with van der Waals surface area (Å²) in [5.74, 6) is 0. The lowest BCUT2D eigenvalue weighted by Gasteiger charge is -2.26. The molecule has 8 aromatic carbocycles. The lowest BCUT2D eigenvalue weighted by molar-refractivity contribution is 0.669. The molecule has 0 radical (unpaired) electrons. The highest BCUT2D eigenvalue weighted by Crippen LogP contribution is 2.43. The highest BCUT2D eigenvalue weighted by Gasteiger charge is 2.18. The van der Waals surface area contributed by atoms with Crippen LogP contribution in [0.15, 0.2) is 186 Å². The van der Waals surface area contributed by atoms with Crippen LogP contribution in [-0.4, -0.2) is 4.57 Å². The van der Waals surface area contributed by atoms with E-state index in [1.165, 1.54) is 58.8 Å². The third-order valence-corrected chi connectivity index (χ3v) is 11.5. The molecule has 0 aliphatic heterocycles. The SMILES string of the molecule is c1ccc(-n2c3ccccc3c3cc(-c4ccc(N(c5ccc6c(c5)oc5ccccc56)c5ccc6c(c5)sc5ccccc56)cc4)ccc32)cc1. The van der Waals surface area contributed by atoms with Gasteiger partial charge >= 0.3 is 0 Å². The lowest BCUT2D eigenvalue weighted by atomic mass is 10.0. The zero-order valence-corrected chi connectivity index (χ0v) is 28.8. The number of fused-ring (bicyclic) bond motifs is 9. The summed E-state index contributed by atoms with van der Waals surface area (Å²) >= 11 is 1.84. The van der Waals surface area contributed by atoms with Gasteiger partial charge in [0.1, 0.15) is 11.2 Å². The Bertz CT molecular complexity index is 3020. The van der Waals surface area contributed by atoms with Crippen molar-refractivity contribution in [1.29, 1.82) is 0 Å². The summed E-state index contributed by atoms with van der Waals surface area (Å²) in [6, 6.07) is 65.5. The predicted octanol–water partition coefficient (Wildman–Crippen LogP) is 14.2. The molecular formula is C48H30N2OS. The van der Waals surface area contributed by atoms with Crippen molar-refractivity contribution in [1.82, 2.24) is 4.57 Å². The fourth-order valence-electron chi connectivity index (χ4n) is 7.97. The minimum absolute atomic E-state index is 0.881. The van der Waals surface area contributed by atoms with E-state index in [2.05, 4.69) is 179 Å². The highest BCUT2D eigenvalue weighted by atomic mass is 32.1. The molecule has 52 heavy (non-hydrogen) atoms. The second-order valence-electron chi connectivity index (χ2n) is 13.4. The minimum atomic E-state index is 0.881. The van der Waals surface area contributed by atoms with Gasteiger partial charge in [-0.25, -0.2) is 0 Å². The van der Waals surface area contributed by atoms with Crippen molar-refractivity contribution in [2.24, 2.45) is 0 Å². The van der Waals surface area contributed by atoms with Crippen LogP contribution in [-0.2, 0) is 0 Å². The molecule has 3 heterocycles. The van der Waals surface area contributed by atoms with E-state index in [1.807, 2.05) is 23.5 Å². The Kier molecular flexibility index (Phi) is 6.42. The van der Waals surface area contributed by atoms with Crippen LogP contribution >= 0.6 is 11.3 Å². The number of hydrogen-bond acceptors (Lipinski definition) is 3. The second-order valence-corrected chi connectivity index (χ2v) is 14.4. The van der Waals surface area contributed by atoms with Crippen molar-refractivity contribution < 1.29 is 4.42 Å². The summed E-state index contributed by atoms with van der Waals surface area (Å²) in [7, 11) is 0. The number of aromatic nitrogens is 1. The van der Waals surface area contributed by atoms with E-state index in [0.29, 0.717) is 0 Å². The van der Waals surface area contributed by atoms with E-state index < -0.39 is 0 Å². The molecule has 4 heteroatoms. The van der Waals surface area contributed by atoms with Crippen LogP contribution in [0.25, 0.3) is 80.7 Å². The van der Waals surface area contributed by atoms with Crippen LogP contribution in [0, 0.1) is 0 Å². The summed E-state index contributed by atoms with van der Waals surface area (Å²) in [5.41, 5.74) is 11.0. The molecule has 3 aromatic heterocycles. The molecule has 0 saturated heterocycles. The van der Waals surface area contributed by atoms with Crippen molar-refractivity contribution >= 4 is 92.3 Å². The number of para-hydroxylation sites is 3. The summed E-state index contributed by atoms with van der Waals surface area (Å²) in [6.07, 6.45) is 0. The Labute approximate surface area is 303 Å². The first-order valence-electron chi connectivity index (χ1n) is 17.6. The zero-order chi connectivity index (χ0) is 34.2. The second kappa shape index (κ2) is 11.5. The van der Waals surface area contributed by atoms with Gasteiger partial charge in [-0.3, -0.25) is 0 Å². The largest absolute Gasteiger partial charge is 0.456 e. The first kappa shape index (κ1) is 29.1. The standard InChI is InChI=1S/C48H30N2OS/c1-2-10-33(11-3-1)50-43-15-7-4-12-37(43)42-28-32(20-27-44(42)50)31-18-21-34(22-19-31)49(35-23-25-39-38-13-5-8-16-45(38)51-46(39)29-35)36-24-26-41-40-14-6-9-17-47(40)52-48(41)30-36/h1-30H. The normalized spacial score (nSPS) is 11.8. The van der Waals surface area contributed by atoms with Gasteiger partial charge in [0.15, 0.2) is 0 Å². The molecule has 11 aromatic rings. The molecule has 0 unspecified atom stereocenters. The van der Waals surface area contributed by atoms with E-state index in [-0.39, 0.29) is 0 Å². The molecule has 0 aliphatic carbocycles. The van der Waals surface area contributed by atoms with Gasteiger partial charge in [0.25, 0.3) is 0 Å². The Morgan fingerprint density at radius 2 is 1.00 bits per heavy atom. The van der Waals surface area contributed by atoms with Crippen LogP contribution in [0.4, 0.5) is 17.1 Å². The van der Waals surface area contributed by atoms with Gasteiger partial charge in [-0.2, -0.15) is 0 Å². The van der Waals surface area contributed by atoms with Gasteiger partial charge in [0.05, 0.1) is 11.0 Å². The minimum Gasteiger partial charge on any atom is -0.456 e. The molecule has 11 rings (SSSR count). The van der Waals surface area contributed by atoms with E-state index in [9.17, 15) is 0 Å². The van der Waals surface area contributed by atoms with Crippen LogP contribution in [0.1, 0.15) is 0 Å². The van der Waals surface area contributed by atoms with Gasteiger partial charge < -0.3 is 13.9 Å². The van der Waals surface area contributed by atoms with Crippen LogP contribution in [0.2, 0.25) is 0 Å². The highest BCUT2D eigenvalue weighted by molar-refractivity contribution is 7.25. The fourth-order valence-corrected chi connectivity index (χ4v) is 9.10. The molecule has 0 saturated carbocycles. The first-order chi connectivity index (χ1) is 25.8. The first-order valence-corrected chi connectivity index (χ1v) is 18.4. The Balaban J connectivity index is 1.04. The van der Waals surface area contributed by atoms with Gasteiger partial charge in [-0.05, 0) is 90.0 Å². The maximum absolute atomic E-state index is 6.37. The number of anilines is 3. The third-order valence-electron chi connectivity index (χ3n) is 10.4. The van der Waals surface area contributed by atoms with Gasteiger partial charge in [0, 0.05) is 70.5 Å². The van der Waals surface area contributed by atoms with Crippen molar-refractivity contribution in [3.8, 4) is 16.8 Å². The van der Waals surface area contributed by atoms with Crippen LogP contribution < -0.4 is 4.90 Å². The average molecular weight is 683 g/mol. The third kappa shape index (κ3) is 4.51. The van der Waals surface area contributed by atoms with Crippen molar-refractivity contribution in [3.05, 3.63) is 182 Å². The predicted molar refractivity (Wildman–Crippen MR) is 221 cm³/mol. The lowest BCUT2D eigenvalue weighted by Crippen LogP contribution is -2.09. The number of hydrogen-bond donors (Lipinski definition) is 0. The number of thiophene rings is 1. The molecule has 0 amide bonds. The van der Waals surface area contributed by atoms with Crippen molar-refractivity contribution in [3.63, 3.8) is 0 Å². The summed E-state index contributed by atoms with van der Waals surface area (Å²) in [6.45, 7) is 0. The molecule has 244 valence electrons. The van der Waals surface area contributed by atoms with Gasteiger partial charge in [-0.1, -0.05) is 97.1 Å². The molecule has 0 fully saturated rings. The van der Waals surface area contributed by atoms with Crippen LogP contribution in [0.3, 0.4) is 0 Å². The maximum atomic E-state index is 6.37. The number of benzene rings is 8. The van der Waals surface area contributed by atoms with E-state index in [4.69, 9.17) is 4.42 Å². The Morgan fingerprint density at radius 1 is 0.385 bits per heavy atom. The van der Waals surface area contributed by atoms with E-state index in [1.54, 1.807) is 0 Å². The quantitative estimate of drug-likeness (QED) is 0.180. The zero-order valence-electron chi connectivity index (χ0n) is 28.0. The number of nitrogens with zero attached hydrogens (tertiary/aromatic N) is 2. The molecule has 0 bridgehead atoms. The van der Waals surface area contributed by atoms with E-state index in [0.717, 1.165) is 39.0 Å². The Hall–Kier alpha value is -6.62. The number of rotatable bonds is 5. The number of furan rings is 1. The van der Waals surface area contributed by atoms with Gasteiger partial charge in [-0.15, -0.1) is 11.3 Å². The van der Waals surface area contributed by atoms with E-state index >= 15 is 0 Å². The summed E-state index contributed by atoms with van der Waals surface area (Å²) in [5, 5.41) is 7.35. The van der Waals surface area contributed by atoms with Crippen molar-refractivity contribution in [2.45, 2.75) is 0 Å². The topological polar surface area (TPSA) is 21.3 Å². The molecule has 0 spiro atoms. The monoisotopic (exact) mass is 682 g/mol. The summed E-state index contributed by atoms with van der Waals surface area (Å²) < 4.78 is 11.3. The van der Waals surface area contributed by atoms with Crippen LogP contribution in [0.5, 0.6) is 0 Å². The summed E-state index contributed by atoms with van der Waals surface area (Å²) in [4.78, 5) is 2.34. The molecule has 0 N–H and O–H groups in total. The smallest absolute Gasteiger partial charge is 0.137 e. The maximum Gasteiger partial charge on any atom is 0.137 e. The Morgan fingerprint density at radius 3 is 1.87 bits per heavy atom. The average Bonchev–Trinajstić information content (AvgIpc) is 3.87. The molecule has 0 atom stereocenters. The van der Waals surface area contributed by atoms with Gasteiger partial charge in [0.2, 0.25) is 0 Å². The fraction of sp³-hybridized carbons (Fsp3) is 0. The molecule has 3 nitrogen and oxygen atoms in total.